The molecule has 0 N–H and O–H groups in total. The van der Waals surface area contributed by atoms with Gasteiger partial charge in [0.2, 0.25) is 0 Å². The van der Waals surface area contributed by atoms with Crippen molar-refractivity contribution in [3.8, 4) is 0 Å². The van der Waals surface area contributed by atoms with Crippen LogP contribution in [-0.2, 0) is 0 Å². The van der Waals surface area contributed by atoms with Gasteiger partial charge < -0.3 is 0 Å². The Kier molecular flexibility index (Phi) is 0.935. The average molecular weight is 176 g/mol. The summed E-state index contributed by atoms with van der Waals surface area (Å²) in [5, 5.41) is 8.69. The first-order chi connectivity index (χ1) is 6.97. The maximum Gasteiger partial charge on any atom is -0.00139 e. The van der Waals surface area contributed by atoms with Crippen LogP contribution in [-0.4, -0.2) is 0 Å². The normalized spacial score (nSPS) is 12.3. The van der Waals surface area contributed by atoms with Crippen molar-refractivity contribution < 1.29 is 0 Å². The van der Waals surface area contributed by atoms with Crippen molar-refractivity contribution in [3.63, 3.8) is 0 Å². The van der Waals surface area contributed by atoms with Crippen LogP contribution in [0.5, 0.6) is 0 Å². The lowest BCUT2D eigenvalue weighted by Gasteiger charge is -2.16. The number of benzene rings is 3. The molecule has 2 aromatic rings. The van der Waals surface area contributed by atoms with E-state index in [2.05, 4.69) is 48.5 Å². The van der Waals surface area contributed by atoms with E-state index in [4.69, 9.17) is 0 Å². The Bertz CT molecular complexity index is 638. The lowest BCUT2D eigenvalue weighted by molar-refractivity contribution is 1.56. The number of hydrogen-bond donors (Lipinski definition) is 0. The molecule has 0 fully saturated rings. The zero-order valence-electron chi connectivity index (χ0n) is 7.62. The number of hydrogen-bond acceptors (Lipinski definition) is 0. The maximum absolute atomic E-state index is 2.21. The fourth-order valence-corrected chi connectivity index (χ4v) is 2.54. The van der Waals surface area contributed by atoms with Gasteiger partial charge in [-0.05, 0) is 32.0 Å². The number of rotatable bonds is 0. The average Bonchev–Trinajstić information content (AvgIpc) is 2.17. The third-order valence-corrected chi connectivity index (χ3v) is 3.18. The quantitative estimate of drug-likeness (QED) is 0.359. The van der Waals surface area contributed by atoms with Crippen molar-refractivity contribution in [1.29, 1.82) is 0 Å². The van der Waals surface area contributed by atoms with E-state index < -0.39 is 0 Å². The van der Waals surface area contributed by atoms with Crippen LogP contribution >= 0.6 is 0 Å². The summed E-state index contributed by atoms with van der Waals surface area (Å²) in [6.45, 7) is 0. The second-order valence-electron chi connectivity index (χ2n) is 3.84. The van der Waals surface area contributed by atoms with Gasteiger partial charge in [-0.15, -0.1) is 0 Å². The van der Waals surface area contributed by atoms with Crippen LogP contribution in [0.2, 0.25) is 0 Å². The third-order valence-electron chi connectivity index (χ3n) is 3.18. The van der Waals surface area contributed by atoms with Gasteiger partial charge in [0.05, 0.1) is 0 Å². The topological polar surface area (TPSA) is 0 Å². The molecule has 0 atom stereocenters. The molecule has 0 unspecified atom stereocenters. The van der Waals surface area contributed by atoms with E-state index in [0.717, 1.165) is 0 Å². The lowest BCUT2D eigenvalue weighted by atomic mass is 9.87. The van der Waals surface area contributed by atoms with Gasteiger partial charge in [-0.1, -0.05) is 48.5 Å². The summed E-state index contributed by atoms with van der Waals surface area (Å²) in [6, 6.07) is 17.3. The van der Waals surface area contributed by atoms with Crippen molar-refractivity contribution in [2.75, 3.05) is 0 Å². The molecule has 0 amide bonds. The maximum atomic E-state index is 2.21. The Hall–Kier alpha value is -1.82. The molecule has 0 heterocycles. The molecule has 64 valence electrons. The van der Waals surface area contributed by atoms with Gasteiger partial charge >= 0.3 is 0 Å². The van der Waals surface area contributed by atoms with Gasteiger partial charge in [0, 0.05) is 0 Å². The molecule has 2 aromatic carbocycles. The Balaban J connectivity index is 2.41. The van der Waals surface area contributed by atoms with E-state index in [-0.39, 0.29) is 0 Å². The molecule has 14 heavy (non-hydrogen) atoms. The summed E-state index contributed by atoms with van der Waals surface area (Å²) in [5.41, 5.74) is 0. The van der Waals surface area contributed by atoms with Crippen LogP contribution < -0.4 is 0 Å². The van der Waals surface area contributed by atoms with E-state index in [1.807, 2.05) is 0 Å². The summed E-state index contributed by atoms with van der Waals surface area (Å²) in [5.74, 6) is 0. The SMILES string of the molecule is c1ccc2c3c4ccccc4c=3c2c1. The molecule has 0 saturated carbocycles. The van der Waals surface area contributed by atoms with Crippen molar-refractivity contribution >= 4 is 21.5 Å². The van der Waals surface area contributed by atoms with Gasteiger partial charge in [0.1, 0.15) is 0 Å². The number of fused-ring (bicyclic) bond motifs is 6. The first kappa shape index (κ1) is 6.61. The van der Waals surface area contributed by atoms with E-state index in [9.17, 15) is 0 Å². The van der Waals surface area contributed by atoms with E-state index in [1.165, 1.54) is 32.0 Å². The van der Waals surface area contributed by atoms with Crippen LogP contribution in [0.25, 0.3) is 21.5 Å². The zero-order valence-corrected chi connectivity index (χ0v) is 7.62. The van der Waals surface area contributed by atoms with Gasteiger partial charge in [-0.2, -0.15) is 0 Å². The summed E-state index contributed by atoms with van der Waals surface area (Å²) in [6.07, 6.45) is 0. The summed E-state index contributed by atoms with van der Waals surface area (Å²) in [4.78, 5) is 0. The molecule has 0 aliphatic heterocycles. The van der Waals surface area contributed by atoms with E-state index >= 15 is 0 Å². The van der Waals surface area contributed by atoms with Gasteiger partial charge in [0.25, 0.3) is 0 Å². The highest BCUT2D eigenvalue weighted by Crippen LogP contribution is 2.36. The molecule has 0 aromatic heterocycles. The minimum atomic E-state index is 1.43. The fourth-order valence-electron chi connectivity index (χ4n) is 2.54. The smallest absolute Gasteiger partial charge is 0.00139 e. The highest BCUT2D eigenvalue weighted by Gasteiger charge is 2.14. The highest BCUT2D eigenvalue weighted by atomic mass is 14.2. The first-order valence-corrected chi connectivity index (χ1v) is 4.90. The van der Waals surface area contributed by atoms with Crippen LogP contribution in [0.1, 0.15) is 0 Å². The lowest BCUT2D eigenvalue weighted by Crippen LogP contribution is -1.95. The molecule has 0 spiro atoms. The molecule has 0 saturated heterocycles. The molecule has 2 aliphatic rings. The minimum Gasteiger partial charge on any atom is -0.0616 e. The fraction of sp³-hybridized carbons (Fsp3) is 0. The Morgan fingerprint density at radius 3 is 1.00 bits per heavy atom. The molecule has 0 nitrogen and oxygen atoms in total. The van der Waals surface area contributed by atoms with Crippen molar-refractivity contribution in [2.24, 2.45) is 0 Å². The van der Waals surface area contributed by atoms with Crippen LogP contribution in [0.3, 0.4) is 0 Å². The third kappa shape index (κ3) is 0.531. The summed E-state index contributed by atoms with van der Waals surface area (Å²) >= 11 is 0. The van der Waals surface area contributed by atoms with Crippen LogP contribution in [0, 0.1) is 10.4 Å². The molecule has 0 radical (unpaired) electrons. The highest BCUT2D eigenvalue weighted by molar-refractivity contribution is 6.08. The molecular formula is C14H8. The van der Waals surface area contributed by atoms with Crippen LogP contribution in [0.4, 0.5) is 0 Å². The predicted octanol–water partition coefficient (Wildman–Crippen LogP) is 3.59. The van der Waals surface area contributed by atoms with E-state index in [0.29, 0.717) is 0 Å². The Labute approximate surface area is 81.1 Å². The molecule has 4 rings (SSSR count). The Morgan fingerprint density at radius 1 is 0.429 bits per heavy atom. The molecule has 2 aliphatic carbocycles. The largest absolute Gasteiger partial charge is 0.0616 e. The van der Waals surface area contributed by atoms with E-state index in [1.54, 1.807) is 0 Å². The van der Waals surface area contributed by atoms with Gasteiger partial charge in [-0.25, -0.2) is 0 Å². The Morgan fingerprint density at radius 2 is 0.714 bits per heavy atom. The van der Waals surface area contributed by atoms with Gasteiger partial charge in [-0.3, -0.25) is 0 Å². The molecule has 0 heteroatoms. The van der Waals surface area contributed by atoms with Crippen molar-refractivity contribution in [3.05, 3.63) is 59.0 Å². The minimum absolute atomic E-state index is 1.43. The summed E-state index contributed by atoms with van der Waals surface area (Å²) < 4.78 is 0. The second kappa shape index (κ2) is 1.98. The molecule has 0 bridgehead atoms. The second-order valence-corrected chi connectivity index (χ2v) is 3.84. The predicted molar refractivity (Wildman–Crippen MR) is 59.1 cm³/mol. The summed E-state index contributed by atoms with van der Waals surface area (Å²) in [7, 11) is 0. The monoisotopic (exact) mass is 176 g/mol. The van der Waals surface area contributed by atoms with Gasteiger partial charge in [0.15, 0.2) is 0 Å². The zero-order chi connectivity index (χ0) is 9.12. The van der Waals surface area contributed by atoms with Crippen molar-refractivity contribution in [1.82, 2.24) is 0 Å². The van der Waals surface area contributed by atoms with Crippen molar-refractivity contribution in [2.45, 2.75) is 0 Å². The first-order valence-electron chi connectivity index (χ1n) is 4.90. The standard InChI is InChI=1S/C14H8/c1-2-6-10-9(5-1)13-11-7-3-4-8-12(11)14(10)13/h1-8H. The molecular weight excluding hydrogens is 168 g/mol. The van der Waals surface area contributed by atoms with Crippen LogP contribution in [0.15, 0.2) is 48.5 Å².